The lowest BCUT2D eigenvalue weighted by Gasteiger charge is -2.10. The van der Waals surface area contributed by atoms with E-state index in [-0.39, 0.29) is 28.9 Å². The molecule has 1 N–H and O–H groups in total. The summed E-state index contributed by atoms with van der Waals surface area (Å²) >= 11 is 9.15. The number of carbonyl (C=O) groups excluding carboxylic acids is 1. The minimum atomic E-state index is -0.342. The van der Waals surface area contributed by atoms with E-state index in [0.29, 0.717) is 17.7 Å². The van der Waals surface area contributed by atoms with Crippen LogP contribution in [0.25, 0.3) is 0 Å². The van der Waals surface area contributed by atoms with Crippen LogP contribution in [0, 0.1) is 12.7 Å². The summed E-state index contributed by atoms with van der Waals surface area (Å²) in [5.74, 6) is 0.375. The highest BCUT2D eigenvalue weighted by atomic mass is 79.9. The zero-order valence-corrected chi connectivity index (χ0v) is 12.8. The van der Waals surface area contributed by atoms with Crippen molar-refractivity contribution in [3.8, 4) is 0 Å². The van der Waals surface area contributed by atoms with Crippen molar-refractivity contribution in [2.75, 3.05) is 5.32 Å². The molecule has 0 unspecified atom stereocenters. The smallest absolute Gasteiger partial charge is 0.156 e. The topological polar surface area (TPSA) is 54.9 Å². The molecular weight excluding hydrogens is 349 g/mol. The van der Waals surface area contributed by atoms with Crippen LogP contribution in [0.15, 0.2) is 22.7 Å². The summed E-state index contributed by atoms with van der Waals surface area (Å²) in [6.07, 6.45) is 0.571. The molecule has 0 aliphatic rings. The average Bonchev–Trinajstić information content (AvgIpc) is 2.39. The molecule has 1 aromatic carbocycles. The lowest BCUT2D eigenvalue weighted by Crippen LogP contribution is -2.08. The first-order valence-electron chi connectivity index (χ1n) is 5.68. The molecule has 4 nitrogen and oxygen atoms in total. The average molecular weight is 359 g/mol. The van der Waals surface area contributed by atoms with E-state index in [2.05, 4.69) is 31.2 Å². The fourth-order valence-corrected chi connectivity index (χ4v) is 2.31. The number of hydrogen-bond acceptors (Lipinski definition) is 4. The number of aryl methyl sites for hydroxylation is 1. The Kier molecular flexibility index (Phi) is 4.67. The molecule has 0 aliphatic heterocycles. The highest BCUT2D eigenvalue weighted by Gasteiger charge is 2.11. The van der Waals surface area contributed by atoms with Crippen LogP contribution in [0.3, 0.4) is 0 Å². The fourth-order valence-electron chi connectivity index (χ4n) is 1.64. The van der Waals surface area contributed by atoms with Crippen molar-refractivity contribution in [3.05, 3.63) is 50.6 Å². The molecule has 0 saturated carbocycles. The van der Waals surface area contributed by atoms with Crippen molar-refractivity contribution in [2.45, 2.75) is 13.5 Å². The van der Waals surface area contributed by atoms with Gasteiger partial charge in [-0.25, -0.2) is 14.4 Å². The molecule has 0 amide bonds. The molecule has 0 spiro atoms. The van der Waals surface area contributed by atoms with Crippen molar-refractivity contribution >= 4 is 39.6 Å². The Morgan fingerprint density at radius 2 is 2.20 bits per heavy atom. The van der Waals surface area contributed by atoms with E-state index in [4.69, 9.17) is 11.6 Å². The second kappa shape index (κ2) is 6.28. The lowest BCUT2D eigenvalue weighted by atomic mass is 10.2. The van der Waals surface area contributed by atoms with E-state index >= 15 is 0 Å². The number of rotatable bonds is 4. The second-order valence-corrected chi connectivity index (χ2v) is 5.30. The SMILES string of the molecule is Cc1nc(Cl)c(C=O)c(NCc2cc(Br)ccc2F)n1. The van der Waals surface area contributed by atoms with E-state index in [0.717, 1.165) is 4.47 Å². The molecule has 0 radical (unpaired) electrons. The van der Waals surface area contributed by atoms with Gasteiger partial charge in [0, 0.05) is 16.6 Å². The first-order valence-corrected chi connectivity index (χ1v) is 6.85. The second-order valence-electron chi connectivity index (χ2n) is 4.03. The molecule has 1 aromatic heterocycles. The van der Waals surface area contributed by atoms with Crippen molar-refractivity contribution in [3.63, 3.8) is 0 Å². The molecule has 0 atom stereocenters. The number of aldehydes is 1. The largest absolute Gasteiger partial charge is 0.365 e. The van der Waals surface area contributed by atoms with Gasteiger partial charge in [-0.3, -0.25) is 4.79 Å². The standard InChI is InChI=1S/C13H10BrClFN3O/c1-7-18-12(15)10(6-20)13(19-7)17-5-8-4-9(14)2-3-11(8)16/h2-4,6H,5H2,1H3,(H,17,18,19). The molecular formula is C13H10BrClFN3O. The Morgan fingerprint density at radius 3 is 2.90 bits per heavy atom. The van der Waals surface area contributed by atoms with E-state index in [9.17, 15) is 9.18 Å². The summed E-state index contributed by atoms with van der Waals surface area (Å²) in [7, 11) is 0. The quantitative estimate of drug-likeness (QED) is 0.668. The highest BCUT2D eigenvalue weighted by Crippen LogP contribution is 2.21. The number of benzene rings is 1. The minimum absolute atomic E-state index is 0.0738. The number of nitrogens with one attached hydrogen (secondary N) is 1. The Bertz CT molecular complexity index is 666. The molecule has 0 saturated heterocycles. The van der Waals surface area contributed by atoms with Crippen LogP contribution in [-0.2, 0) is 6.54 Å². The van der Waals surface area contributed by atoms with Crippen molar-refractivity contribution in [1.29, 1.82) is 0 Å². The predicted molar refractivity (Wildman–Crippen MR) is 78.6 cm³/mol. The van der Waals surface area contributed by atoms with Gasteiger partial charge in [-0.1, -0.05) is 27.5 Å². The number of anilines is 1. The van der Waals surface area contributed by atoms with Crippen LogP contribution in [0.1, 0.15) is 21.7 Å². The zero-order chi connectivity index (χ0) is 14.7. The maximum atomic E-state index is 13.6. The van der Waals surface area contributed by atoms with Gasteiger partial charge in [-0.05, 0) is 25.1 Å². The molecule has 0 aliphatic carbocycles. The Hall–Kier alpha value is -1.53. The molecule has 2 rings (SSSR count). The summed E-state index contributed by atoms with van der Waals surface area (Å²) in [5.41, 5.74) is 0.608. The summed E-state index contributed by atoms with van der Waals surface area (Å²) < 4.78 is 14.4. The summed E-state index contributed by atoms with van der Waals surface area (Å²) in [6, 6.07) is 4.62. The van der Waals surface area contributed by atoms with E-state index in [1.807, 2.05) is 0 Å². The maximum Gasteiger partial charge on any atom is 0.156 e. The van der Waals surface area contributed by atoms with Crippen molar-refractivity contribution in [2.24, 2.45) is 0 Å². The Morgan fingerprint density at radius 1 is 1.45 bits per heavy atom. The van der Waals surface area contributed by atoms with Gasteiger partial charge in [0.25, 0.3) is 0 Å². The van der Waals surface area contributed by atoms with Gasteiger partial charge >= 0.3 is 0 Å². The van der Waals surface area contributed by atoms with Crippen LogP contribution in [0.5, 0.6) is 0 Å². The van der Waals surface area contributed by atoms with Gasteiger partial charge in [0.05, 0.1) is 5.56 Å². The molecule has 0 fully saturated rings. The number of hydrogen-bond donors (Lipinski definition) is 1. The maximum absolute atomic E-state index is 13.6. The first kappa shape index (κ1) is 14.9. The number of aromatic nitrogens is 2. The third kappa shape index (κ3) is 3.32. The van der Waals surface area contributed by atoms with Crippen molar-refractivity contribution < 1.29 is 9.18 Å². The molecule has 20 heavy (non-hydrogen) atoms. The van der Waals surface area contributed by atoms with Crippen LogP contribution < -0.4 is 5.32 Å². The van der Waals surface area contributed by atoms with E-state index in [1.165, 1.54) is 6.07 Å². The minimum Gasteiger partial charge on any atom is -0.365 e. The van der Waals surface area contributed by atoms with E-state index in [1.54, 1.807) is 19.1 Å². The van der Waals surface area contributed by atoms with Gasteiger partial charge < -0.3 is 5.32 Å². The predicted octanol–water partition coefficient (Wildman–Crippen LogP) is 3.76. The lowest BCUT2D eigenvalue weighted by molar-refractivity contribution is 0.112. The van der Waals surface area contributed by atoms with Gasteiger partial charge in [0.15, 0.2) is 6.29 Å². The van der Waals surface area contributed by atoms with Gasteiger partial charge in [-0.2, -0.15) is 0 Å². The number of nitrogens with zero attached hydrogens (tertiary/aromatic N) is 2. The summed E-state index contributed by atoms with van der Waals surface area (Å²) in [6.45, 7) is 1.84. The van der Waals surface area contributed by atoms with E-state index < -0.39 is 0 Å². The Labute approximate surface area is 128 Å². The first-order chi connectivity index (χ1) is 9.51. The fraction of sp³-hybridized carbons (Fsp3) is 0.154. The van der Waals surface area contributed by atoms with Crippen molar-refractivity contribution in [1.82, 2.24) is 9.97 Å². The van der Waals surface area contributed by atoms with Crippen LogP contribution in [-0.4, -0.2) is 16.3 Å². The summed E-state index contributed by atoms with van der Waals surface area (Å²) in [5, 5.41) is 2.98. The molecule has 0 bridgehead atoms. The van der Waals surface area contributed by atoms with Gasteiger partial charge in [-0.15, -0.1) is 0 Å². The molecule has 2 aromatic rings. The monoisotopic (exact) mass is 357 g/mol. The third-order valence-electron chi connectivity index (χ3n) is 2.58. The zero-order valence-electron chi connectivity index (χ0n) is 10.5. The third-order valence-corrected chi connectivity index (χ3v) is 3.36. The van der Waals surface area contributed by atoms with Gasteiger partial charge in [0.2, 0.25) is 0 Å². The molecule has 104 valence electrons. The van der Waals surface area contributed by atoms with Crippen LogP contribution in [0.4, 0.5) is 10.2 Å². The molecule has 1 heterocycles. The highest BCUT2D eigenvalue weighted by molar-refractivity contribution is 9.10. The molecule has 7 heteroatoms. The summed E-state index contributed by atoms with van der Waals surface area (Å²) in [4.78, 5) is 19.0. The Balaban J connectivity index is 2.27. The number of halogens is 3. The normalized spacial score (nSPS) is 10.4. The van der Waals surface area contributed by atoms with Gasteiger partial charge in [0.1, 0.15) is 22.6 Å². The van der Waals surface area contributed by atoms with Crippen LogP contribution >= 0.6 is 27.5 Å². The number of carbonyl (C=O) groups is 1. The van der Waals surface area contributed by atoms with Crippen LogP contribution in [0.2, 0.25) is 5.15 Å².